The van der Waals surface area contributed by atoms with E-state index in [4.69, 9.17) is 4.74 Å². The Bertz CT molecular complexity index is 1380. The highest BCUT2D eigenvalue weighted by Gasteiger charge is 2.49. The van der Waals surface area contributed by atoms with Crippen molar-refractivity contribution >= 4 is 17.3 Å². The van der Waals surface area contributed by atoms with Crippen molar-refractivity contribution in [2.75, 3.05) is 0 Å². The number of carbonyl (C=O) groups excluding carboxylic acids is 1. The third-order valence-electron chi connectivity index (χ3n) is 10.8. The van der Waals surface area contributed by atoms with E-state index in [0.717, 1.165) is 30.5 Å². The number of carbonyl (C=O) groups is 1. The predicted octanol–water partition coefficient (Wildman–Crippen LogP) is 9.63. The highest BCUT2D eigenvalue weighted by molar-refractivity contribution is 5.91. The fourth-order valence-corrected chi connectivity index (χ4v) is 7.59. The number of benzene rings is 1. The number of hydrogen-bond donors (Lipinski definition) is 0. The lowest BCUT2D eigenvalue weighted by atomic mass is 9.62. The quantitative estimate of drug-likeness (QED) is 0.114. The van der Waals surface area contributed by atoms with Gasteiger partial charge in [0.05, 0.1) is 15.4 Å². The minimum atomic E-state index is -0.780. The summed E-state index contributed by atoms with van der Waals surface area (Å²) in [5.74, 6) is 2.18. The van der Waals surface area contributed by atoms with Gasteiger partial charge < -0.3 is 4.74 Å². The molecule has 0 amide bonds. The molecule has 0 unspecified atom stereocenters. The van der Waals surface area contributed by atoms with Crippen molar-refractivity contribution in [1.29, 1.82) is 0 Å². The fraction of sp³-hybridized carbons (Fsp3) is 0.583. The Hall–Kier alpha value is -3.55. The second-order valence-corrected chi connectivity index (χ2v) is 13.9. The van der Waals surface area contributed by atoms with E-state index in [1.165, 1.54) is 37.3 Å². The molecule has 1 saturated carbocycles. The summed E-state index contributed by atoms with van der Waals surface area (Å²) in [4.78, 5) is 34.5. The van der Waals surface area contributed by atoms with Crippen molar-refractivity contribution in [2.45, 2.75) is 99.5 Å². The van der Waals surface area contributed by atoms with Crippen LogP contribution >= 0.6 is 0 Å². The summed E-state index contributed by atoms with van der Waals surface area (Å²) in [6.45, 7) is 15.2. The molecule has 0 aliphatic heterocycles. The van der Waals surface area contributed by atoms with E-state index in [0.29, 0.717) is 42.4 Å². The van der Waals surface area contributed by atoms with Crippen LogP contribution < -0.4 is 0 Å². The first kappa shape index (κ1) is 33.3. The fourth-order valence-electron chi connectivity index (χ4n) is 7.59. The van der Waals surface area contributed by atoms with Gasteiger partial charge in [-0.15, -0.1) is 0 Å². The molecule has 0 saturated heterocycles. The number of nitrogens with zero attached hydrogens (tertiary/aromatic N) is 2. The number of ether oxygens (including phenoxy) is 1. The predicted molar refractivity (Wildman–Crippen MR) is 173 cm³/mol. The number of hydrogen-bond acceptors (Lipinski definition) is 6. The highest BCUT2D eigenvalue weighted by Crippen LogP contribution is 2.58. The van der Waals surface area contributed by atoms with Crippen molar-refractivity contribution in [1.82, 2.24) is 0 Å². The van der Waals surface area contributed by atoms with E-state index in [1.807, 2.05) is 0 Å². The lowest BCUT2D eigenvalue weighted by molar-refractivity contribution is -0.395. The first-order chi connectivity index (χ1) is 20.7. The van der Waals surface area contributed by atoms with E-state index in [9.17, 15) is 25.0 Å². The smallest absolute Gasteiger partial charge is 0.338 e. The zero-order valence-electron chi connectivity index (χ0n) is 27.3. The molecule has 0 heterocycles. The van der Waals surface area contributed by atoms with Crippen LogP contribution in [0.3, 0.4) is 0 Å². The Labute approximate surface area is 261 Å². The van der Waals surface area contributed by atoms with Crippen molar-refractivity contribution < 1.29 is 19.4 Å². The van der Waals surface area contributed by atoms with Crippen LogP contribution in [0.5, 0.6) is 0 Å². The minimum Gasteiger partial charge on any atom is -0.458 e. The maximum Gasteiger partial charge on any atom is 0.338 e. The van der Waals surface area contributed by atoms with Gasteiger partial charge in [0.2, 0.25) is 0 Å². The van der Waals surface area contributed by atoms with Crippen LogP contribution in [0.2, 0.25) is 0 Å². The number of allylic oxidation sites excluding steroid dienone is 7. The largest absolute Gasteiger partial charge is 0.458 e. The van der Waals surface area contributed by atoms with Gasteiger partial charge in [-0.1, -0.05) is 70.6 Å². The Morgan fingerprint density at radius 3 is 2.27 bits per heavy atom. The third-order valence-corrected chi connectivity index (χ3v) is 10.8. The zero-order chi connectivity index (χ0) is 32.3. The molecule has 6 atom stereocenters. The lowest BCUT2D eigenvalue weighted by Gasteiger charge is -2.42. The molecule has 1 aromatic carbocycles. The molecule has 0 bridgehead atoms. The Morgan fingerprint density at radius 2 is 1.66 bits per heavy atom. The molecule has 1 aromatic rings. The molecule has 0 aromatic heterocycles. The van der Waals surface area contributed by atoms with E-state index < -0.39 is 33.3 Å². The van der Waals surface area contributed by atoms with Crippen molar-refractivity contribution in [3.8, 4) is 0 Å². The van der Waals surface area contributed by atoms with E-state index >= 15 is 0 Å². The minimum absolute atomic E-state index is 0.0893. The third kappa shape index (κ3) is 7.05. The molecule has 44 heavy (non-hydrogen) atoms. The number of fused-ring (bicyclic) bond motifs is 1. The van der Waals surface area contributed by atoms with Crippen molar-refractivity contribution in [3.05, 3.63) is 90.6 Å². The number of nitro benzene ring substituents is 2. The summed E-state index contributed by atoms with van der Waals surface area (Å²) in [5.41, 5.74) is 2.88. The van der Waals surface area contributed by atoms with Crippen molar-refractivity contribution in [3.63, 3.8) is 0 Å². The number of esters is 1. The van der Waals surface area contributed by atoms with E-state index in [2.05, 4.69) is 71.9 Å². The molecule has 8 nitrogen and oxygen atoms in total. The topological polar surface area (TPSA) is 113 Å². The monoisotopic (exact) mass is 604 g/mol. The summed E-state index contributed by atoms with van der Waals surface area (Å²) in [6, 6.07) is 2.14. The standard InChI is InChI=1S/C36H48N2O6/c1-22(2)23(3)10-11-25(5)31-16-17-32-27(9-8-18-36(31,32)7)13-14-28-19-30(15-12-24(28)4)44-35(39)29-20-33(37(40)41)26(6)34(21-29)38(42)43/h9-11,13-14,20-23,25,30-32H,8,12,15-19H2,1-7H3/b11-10+,14-13+/t23-,25+,30-,31+,32-,36+/m0/s1. The zero-order valence-corrected chi connectivity index (χ0v) is 27.3. The molecule has 3 aliphatic rings. The highest BCUT2D eigenvalue weighted by atomic mass is 16.6. The van der Waals surface area contributed by atoms with Crippen LogP contribution in [0.15, 0.2) is 59.2 Å². The van der Waals surface area contributed by atoms with Gasteiger partial charge in [-0.05, 0) is 98.5 Å². The van der Waals surface area contributed by atoms with Gasteiger partial charge in [0.15, 0.2) is 0 Å². The molecule has 0 spiro atoms. The maximum atomic E-state index is 13.0. The van der Waals surface area contributed by atoms with Gasteiger partial charge in [0.25, 0.3) is 11.4 Å². The Kier molecular flexibility index (Phi) is 10.3. The van der Waals surface area contributed by atoms with Crippen LogP contribution in [0.1, 0.15) is 102 Å². The van der Waals surface area contributed by atoms with Gasteiger partial charge in [0.1, 0.15) is 11.7 Å². The summed E-state index contributed by atoms with van der Waals surface area (Å²) in [5, 5.41) is 22.9. The van der Waals surface area contributed by atoms with Gasteiger partial charge in [-0.2, -0.15) is 0 Å². The number of nitro groups is 2. The summed E-state index contributed by atoms with van der Waals surface area (Å²) in [7, 11) is 0. The van der Waals surface area contributed by atoms with Crippen molar-refractivity contribution in [2.24, 2.45) is 35.0 Å². The van der Waals surface area contributed by atoms with Crippen LogP contribution in [-0.2, 0) is 4.74 Å². The lowest BCUT2D eigenvalue weighted by Crippen LogP contribution is -2.34. The van der Waals surface area contributed by atoms with Gasteiger partial charge in [-0.25, -0.2) is 4.79 Å². The first-order valence-electron chi connectivity index (χ1n) is 16.1. The molecule has 0 N–H and O–H groups in total. The van der Waals surface area contributed by atoms with Crippen LogP contribution in [0.4, 0.5) is 11.4 Å². The molecule has 3 aliphatic carbocycles. The molecular weight excluding hydrogens is 556 g/mol. The maximum absolute atomic E-state index is 13.0. The average molecular weight is 605 g/mol. The average Bonchev–Trinajstić information content (AvgIpc) is 3.33. The molecule has 8 heteroatoms. The summed E-state index contributed by atoms with van der Waals surface area (Å²) >= 11 is 0. The first-order valence-corrected chi connectivity index (χ1v) is 16.1. The molecule has 4 rings (SSSR count). The SMILES string of the molecule is CC1=C(/C=C/C2=CCC[C@]3(C)[C@@H]([C@H](C)/C=C/[C@H](C)C(C)C)CC[C@@H]23)C[C@@H](OC(=O)c2cc([N+](=O)[O-])c(C)c([N+](=O)[O-])c2)CC1. The molecule has 238 valence electrons. The summed E-state index contributed by atoms with van der Waals surface area (Å²) in [6.07, 6.45) is 18.0. The molecule has 1 fully saturated rings. The Morgan fingerprint density at radius 1 is 1.00 bits per heavy atom. The number of rotatable bonds is 10. The van der Waals surface area contributed by atoms with Crippen LogP contribution in [0, 0.1) is 62.2 Å². The van der Waals surface area contributed by atoms with Crippen LogP contribution in [0.25, 0.3) is 0 Å². The summed E-state index contributed by atoms with van der Waals surface area (Å²) < 4.78 is 5.76. The normalized spacial score (nSPS) is 27.0. The van der Waals surface area contributed by atoms with E-state index in [-0.39, 0.29) is 16.5 Å². The molecular formula is C36H48N2O6. The molecule has 0 radical (unpaired) electrons. The van der Waals surface area contributed by atoms with Gasteiger partial charge in [0, 0.05) is 18.6 Å². The second-order valence-electron chi connectivity index (χ2n) is 13.9. The van der Waals surface area contributed by atoms with Gasteiger partial charge >= 0.3 is 5.97 Å². The van der Waals surface area contributed by atoms with E-state index in [1.54, 1.807) is 0 Å². The Balaban J connectivity index is 1.45. The van der Waals surface area contributed by atoms with Crippen LogP contribution in [-0.4, -0.2) is 21.9 Å². The second kappa shape index (κ2) is 13.6. The van der Waals surface area contributed by atoms with Gasteiger partial charge in [-0.3, -0.25) is 20.2 Å².